The first-order valence-corrected chi connectivity index (χ1v) is 7.63. The maximum Gasteiger partial charge on any atom is 0.222 e. The Bertz CT molecular complexity index is 211. The molecule has 1 aliphatic rings. The summed E-state index contributed by atoms with van der Waals surface area (Å²) in [5.41, 5.74) is 0. The van der Waals surface area contributed by atoms with E-state index in [1.807, 2.05) is 18.7 Å². The van der Waals surface area contributed by atoms with Crippen LogP contribution in [0.1, 0.15) is 53.4 Å². The molecular weight excluding hydrogens is 224 g/mol. The number of piperidine rings is 1. The van der Waals surface area contributed by atoms with Gasteiger partial charge in [0.05, 0.1) is 0 Å². The first-order valence-electron chi connectivity index (χ1n) is 7.63. The highest BCUT2D eigenvalue weighted by molar-refractivity contribution is 5.76. The molecule has 0 aliphatic carbocycles. The van der Waals surface area contributed by atoms with E-state index in [-0.39, 0.29) is 0 Å². The lowest BCUT2D eigenvalue weighted by molar-refractivity contribution is -0.131. The van der Waals surface area contributed by atoms with Gasteiger partial charge in [0.2, 0.25) is 5.91 Å². The van der Waals surface area contributed by atoms with Crippen LogP contribution in [0.25, 0.3) is 0 Å². The summed E-state index contributed by atoms with van der Waals surface area (Å²) >= 11 is 0. The summed E-state index contributed by atoms with van der Waals surface area (Å²) in [5.74, 6) is 1.06. The predicted molar refractivity (Wildman–Crippen MR) is 78.7 cm³/mol. The molecule has 3 nitrogen and oxygen atoms in total. The van der Waals surface area contributed by atoms with E-state index in [2.05, 4.69) is 25.8 Å². The van der Waals surface area contributed by atoms with E-state index in [9.17, 15) is 4.79 Å². The molecular formula is C15H32N2O. The normalized spacial score (nSPS) is 16.9. The Morgan fingerprint density at radius 1 is 1.22 bits per heavy atom. The molecule has 0 saturated carbocycles. The number of nitrogens with zero attached hydrogens (tertiary/aromatic N) is 2. The Hall–Kier alpha value is -0.570. The van der Waals surface area contributed by atoms with Crippen molar-refractivity contribution in [2.45, 2.75) is 53.4 Å². The number of carbonyl (C=O) groups is 1. The maximum absolute atomic E-state index is 11.8. The van der Waals surface area contributed by atoms with Crippen molar-refractivity contribution in [1.29, 1.82) is 0 Å². The van der Waals surface area contributed by atoms with Crippen LogP contribution < -0.4 is 0 Å². The molecule has 108 valence electrons. The number of carbonyl (C=O) groups excluding carboxylic acids is 1. The Morgan fingerprint density at radius 2 is 1.78 bits per heavy atom. The summed E-state index contributed by atoms with van der Waals surface area (Å²) in [5, 5.41) is 0. The predicted octanol–water partition coefficient (Wildman–Crippen LogP) is 3.00. The molecule has 0 aromatic heterocycles. The van der Waals surface area contributed by atoms with E-state index in [1.54, 1.807) is 0 Å². The summed E-state index contributed by atoms with van der Waals surface area (Å²) in [7, 11) is 2.18. The average Bonchev–Trinajstić information content (AvgIpc) is 2.40. The SMILES string of the molecule is CC.CCCC(=O)N(CC)CC1CCN(C)CC1. The van der Waals surface area contributed by atoms with Crippen molar-refractivity contribution < 1.29 is 4.79 Å². The fraction of sp³-hybridized carbons (Fsp3) is 0.933. The fourth-order valence-electron chi connectivity index (χ4n) is 2.34. The van der Waals surface area contributed by atoms with Crippen LogP contribution in [0.4, 0.5) is 0 Å². The molecule has 1 aliphatic heterocycles. The molecule has 0 N–H and O–H groups in total. The van der Waals surface area contributed by atoms with Gasteiger partial charge >= 0.3 is 0 Å². The topological polar surface area (TPSA) is 23.6 Å². The van der Waals surface area contributed by atoms with Crippen molar-refractivity contribution in [3.63, 3.8) is 0 Å². The number of hydrogen-bond acceptors (Lipinski definition) is 2. The lowest BCUT2D eigenvalue weighted by Gasteiger charge is -2.32. The van der Waals surface area contributed by atoms with Crippen molar-refractivity contribution in [3.05, 3.63) is 0 Å². The summed E-state index contributed by atoms with van der Waals surface area (Å²) < 4.78 is 0. The molecule has 1 fully saturated rings. The molecule has 0 atom stereocenters. The molecule has 0 radical (unpaired) electrons. The quantitative estimate of drug-likeness (QED) is 0.755. The van der Waals surface area contributed by atoms with Gasteiger partial charge in [0.1, 0.15) is 0 Å². The fourth-order valence-corrected chi connectivity index (χ4v) is 2.34. The number of amides is 1. The summed E-state index contributed by atoms with van der Waals surface area (Å²) in [6.45, 7) is 12.4. The molecule has 0 aromatic carbocycles. The lowest BCUT2D eigenvalue weighted by atomic mass is 9.96. The minimum absolute atomic E-state index is 0.337. The van der Waals surface area contributed by atoms with E-state index in [0.717, 1.165) is 25.4 Å². The van der Waals surface area contributed by atoms with Gasteiger partial charge in [-0.1, -0.05) is 20.8 Å². The van der Waals surface area contributed by atoms with Crippen molar-refractivity contribution >= 4 is 5.91 Å². The van der Waals surface area contributed by atoms with E-state index < -0.39 is 0 Å². The van der Waals surface area contributed by atoms with E-state index >= 15 is 0 Å². The summed E-state index contributed by atoms with van der Waals surface area (Å²) in [6, 6.07) is 0. The molecule has 0 bridgehead atoms. The van der Waals surface area contributed by atoms with Gasteiger partial charge in [-0.05, 0) is 52.2 Å². The van der Waals surface area contributed by atoms with Gasteiger partial charge in [-0.2, -0.15) is 0 Å². The highest BCUT2D eigenvalue weighted by atomic mass is 16.2. The molecule has 1 saturated heterocycles. The van der Waals surface area contributed by atoms with Crippen LogP contribution in [0, 0.1) is 5.92 Å². The first kappa shape index (κ1) is 17.4. The van der Waals surface area contributed by atoms with Gasteiger partial charge in [0.25, 0.3) is 0 Å². The second-order valence-electron chi connectivity index (χ2n) is 4.93. The summed E-state index contributed by atoms with van der Waals surface area (Å²) in [4.78, 5) is 16.2. The third-order valence-electron chi connectivity index (χ3n) is 3.52. The minimum atomic E-state index is 0.337. The van der Waals surface area contributed by atoms with E-state index in [4.69, 9.17) is 0 Å². The Balaban J connectivity index is 0.00000137. The van der Waals surface area contributed by atoms with Gasteiger partial charge in [-0.25, -0.2) is 0 Å². The monoisotopic (exact) mass is 256 g/mol. The van der Waals surface area contributed by atoms with Crippen LogP contribution in [0.15, 0.2) is 0 Å². The van der Waals surface area contributed by atoms with Crippen molar-refractivity contribution in [2.24, 2.45) is 5.92 Å². The number of likely N-dealkylation sites (tertiary alicyclic amines) is 1. The average molecular weight is 256 g/mol. The molecule has 1 amide bonds. The van der Waals surface area contributed by atoms with Crippen LogP contribution in [0.5, 0.6) is 0 Å². The smallest absolute Gasteiger partial charge is 0.222 e. The molecule has 0 unspecified atom stereocenters. The Labute approximate surface area is 114 Å². The number of rotatable bonds is 5. The van der Waals surface area contributed by atoms with Crippen molar-refractivity contribution in [2.75, 3.05) is 33.2 Å². The maximum atomic E-state index is 11.8. The van der Waals surface area contributed by atoms with Crippen LogP contribution in [-0.4, -0.2) is 48.9 Å². The van der Waals surface area contributed by atoms with Crippen molar-refractivity contribution in [3.8, 4) is 0 Å². The lowest BCUT2D eigenvalue weighted by Crippen LogP contribution is -2.39. The Kier molecular flexibility index (Phi) is 10.0. The van der Waals surface area contributed by atoms with Gasteiger partial charge in [0, 0.05) is 19.5 Å². The van der Waals surface area contributed by atoms with Crippen LogP contribution >= 0.6 is 0 Å². The zero-order valence-electron chi connectivity index (χ0n) is 13.0. The molecule has 1 rings (SSSR count). The molecule has 3 heteroatoms. The molecule has 1 heterocycles. The Morgan fingerprint density at radius 3 is 2.22 bits per heavy atom. The second kappa shape index (κ2) is 10.4. The second-order valence-corrected chi connectivity index (χ2v) is 4.93. The minimum Gasteiger partial charge on any atom is -0.343 e. The summed E-state index contributed by atoms with van der Waals surface area (Å²) in [6.07, 6.45) is 4.15. The van der Waals surface area contributed by atoms with Gasteiger partial charge in [-0.3, -0.25) is 4.79 Å². The zero-order chi connectivity index (χ0) is 14.0. The van der Waals surface area contributed by atoms with Crippen LogP contribution in [0.3, 0.4) is 0 Å². The van der Waals surface area contributed by atoms with Crippen molar-refractivity contribution in [1.82, 2.24) is 9.80 Å². The molecule has 0 aromatic rings. The third-order valence-corrected chi connectivity index (χ3v) is 3.52. The standard InChI is InChI=1S/C13H26N2O.C2H6/c1-4-6-13(16)15(5-2)11-12-7-9-14(3)10-8-12;1-2/h12H,4-11H2,1-3H3;1-2H3. The highest BCUT2D eigenvalue weighted by Crippen LogP contribution is 2.17. The van der Waals surface area contributed by atoms with Crippen LogP contribution in [0.2, 0.25) is 0 Å². The highest BCUT2D eigenvalue weighted by Gasteiger charge is 2.20. The zero-order valence-corrected chi connectivity index (χ0v) is 13.0. The van der Waals surface area contributed by atoms with Gasteiger partial charge in [0.15, 0.2) is 0 Å². The van der Waals surface area contributed by atoms with E-state index in [1.165, 1.54) is 25.9 Å². The largest absolute Gasteiger partial charge is 0.343 e. The van der Waals surface area contributed by atoms with Crippen LogP contribution in [-0.2, 0) is 4.79 Å². The van der Waals surface area contributed by atoms with Gasteiger partial charge in [-0.15, -0.1) is 0 Å². The number of hydrogen-bond donors (Lipinski definition) is 0. The first-order chi connectivity index (χ1) is 8.67. The van der Waals surface area contributed by atoms with E-state index in [0.29, 0.717) is 12.3 Å². The molecule has 0 spiro atoms. The molecule has 18 heavy (non-hydrogen) atoms. The third kappa shape index (κ3) is 6.39. The van der Waals surface area contributed by atoms with Gasteiger partial charge < -0.3 is 9.80 Å².